The summed E-state index contributed by atoms with van der Waals surface area (Å²) in [5.41, 5.74) is -0.289. The van der Waals surface area contributed by atoms with Crippen molar-refractivity contribution in [3.05, 3.63) is 0 Å². The second kappa shape index (κ2) is 2.75. The van der Waals surface area contributed by atoms with Crippen LogP contribution < -0.4 is 0 Å². The molecule has 68 valence electrons. The average molecular weight is 168 g/mol. The highest BCUT2D eigenvalue weighted by Gasteiger charge is 2.44. The van der Waals surface area contributed by atoms with Gasteiger partial charge in [-0.05, 0) is 31.6 Å². The van der Waals surface area contributed by atoms with E-state index in [1.165, 1.54) is 12.8 Å². The van der Waals surface area contributed by atoms with E-state index in [1.54, 1.807) is 0 Å². The summed E-state index contributed by atoms with van der Waals surface area (Å²) in [6, 6.07) is 0. The fraction of sp³-hybridized carbons (Fsp3) is 0.900. The lowest BCUT2D eigenvalue weighted by atomic mass is 9.66. The van der Waals surface area contributed by atoms with Gasteiger partial charge in [0.1, 0.15) is 0 Å². The first-order valence-corrected chi connectivity index (χ1v) is 4.96. The predicted octanol–water partition coefficient (Wildman–Crippen LogP) is 2.43. The molecule has 2 aliphatic carbocycles. The van der Waals surface area contributed by atoms with Crippen LogP contribution in [0.4, 0.5) is 0 Å². The van der Waals surface area contributed by atoms with Gasteiger partial charge in [-0.1, -0.05) is 19.3 Å². The van der Waals surface area contributed by atoms with E-state index < -0.39 is 5.97 Å². The van der Waals surface area contributed by atoms with E-state index >= 15 is 0 Å². The molecule has 0 bridgehead atoms. The Kier molecular flexibility index (Phi) is 1.85. The van der Waals surface area contributed by atoms with E-state index in [1.807, 2.05) is 0 Å². The maximum absolute atomic E-state index is 10.9. The molecule has 0 aliphatic heterocycles. The maximum atomic E-state index is 10.9. The van der Waals surface area contributed by atoms with Gasteiger partial charge in [0.05, 0.1) is 5.41 Å². The molecule has 0 heterocycles. The molecule has 0 spiro atoms. The summed E-state index contributed by atoms with van der Waals surface area (Å²) < 4.78 is 0. The Morgan fingerprint density at radius 1 is 1.42 bits per heavy atom. The van der Waals surface area contributed by atoms with E-state index in [0.29, 0.717) is 0 Å². The van der Waals surface area contributed by atoms with Gasteiger partial charge in [0, 0.05) is 0 Å². The quantitative estimate of drug-likeness (QED) is 0.700. The fourth-order valence-electron chi connectivity index (χ4n) is 2.06. The zero-order chi connectivity index (χ0) is 8.60. The maximum Gasteiger partial charge on any atom is 0.309 e. The lowest BCUT2D eigenvalue weighted by Crippen LogP contribution is -2.37. The third-order valence-electron chi connectivity index (χ3n) is 3.49. The van der Waals surface area contributed by atoms with Crippen LogP contribution in [0.5, 0.6) is 0 Å². The normalized spacial score (nSPS) is 26.3. The number of rotatable bonds is 4. The first-order chi connectivity index (χ1) is 5.73. The highest BCUT2D eigenvalue weighted by molar-refractivity contribution is 5.75. The zero-order valence-electron chi connectivity index (χ0n) is 7.38. The van der Waals surface area contributed by atoms with Crippen molar-refractivity contribution in [3.8, 4) is 0 Å². The monoisotopic (exact) mass is 168 g/mol. The van der Waals surface area contributed by atoms with Gasteiger partial charge in [-0.25, -0.2) is 0 Å². The molecule has 0 aromatic heterocycles. The summed E-state index contributed by atoms with van der Waals surface area (Å²) in [6.45, 7) is 0. The van der Waals surface area contributed by atoms with Crippen LogP contribution in [0, 0.1) is 11.3 Å². The number of carboxylic acid groups (broad SMARTS) is 1. The molecule has 2 rings (SSSR count). The lowest BCUT2D eigenvalue weighted by Gasteiger charge is -2.37. The molecular formula is C10H16O2. The van der Waals surface area contributed by atoms with Crippen LogP contribution in [0.15, 0.2) is 0 Å². The average Bonchev–Trinajstić information content (AvgIpc) is 2.67. The van der Waals surface area contributed by atoms with Crippen molar-refractivity contribution < 1.29 is 9.90 Å². The third-order valence-corrected chi connectivity index (χ3v) is 3.49. The van der Waals surface area contributed by atoms with Crippen LogP contribution in [-0.2, 0) is 4.79 Å². The van der Waals surface area contributed by atoms with Crippen LogP contribution >= 0.6 is 0 Å². The summed E-state index contributed by atoms with van der Waals surface area (Å²) in [7, 11) is 0. The van der Waals surface area contributed by atoms with Crippen LogP contribution in [0.3, 0.4) is 0 Å². The SMILES string of the molecule is O=C(O)C1(CCC2CC2)CCC1. The number of hydrogen-bond acceptors (Lipinski definition) is 1. The Morgan fingerprint density at radius 3 is 2.42 bits per heavy atom. The molecule has 0 saturated heterocycles. The number of carboxylic acids is 1. The van der Waals surface area contributed by atoms with Crippen molar-refractivity contribution in [2.45, 2.75) is 44.9 Å². The first kappa shape index (κ1) is 8.09. The number of aliphatic carboxylic acids is 1. The van der Waals surface area contributed by atoms with E-state index in [0.717, 1.165) is 38.0 Å². The summed E-state index contributed by atoms with van der Waals surface area (Å²) >= 11 is 0. The molecule has 0 aromatic rings. The molecule has 0 amide bonds. The Bertz CT molecular complexity index is 190. The van der Waals surface area contributed by atoms with E-state index in [4.69, 9.17) is 5.11 Å². The number of carbonyl (C=O) groups is 1. The molecule has 0 aromatic carbocycles. The molecule has 2 fully saturated rings. The topological polar surface area (TPSA) is 37.3 Å². The molecule has 0 atom stereocenters. The second-order valence-electron chi connectivity index (χ2n) is 4.42. The summed E-state index contributed by atoms with van der Waals surface area (Å²) in [5, 5.41) is 9.02. The van der Waals surface area contributed by atoms with Gasteiger partial charge in [-0.3, -0.25) is 4.79 Å². The van der Waals surface area contributed by atoms with Gasteiger partial charge in [-0.15, -0.1) is 0 Å². The molecular weight excluding hydrogens is 152 g/mol. The van der Waals surface area contributed by atoms with Crippen molar-refractivity contribution in [2.75, 3.05) is 0 Å². The summed E-state index contributed by atoms with van der Waals surface area (Å²) in [6.07, 6.45) is 7.76. The largest absolute Gasteiger partial charge is 0.481 e. The molecule has 2 aliphatic rings. The minimum absolute atomic E-state index is 0.289. The second-order valence-corrected chi connectivity index (χ2v) is 4.42. The van der Waals surface area contributed by atoms with Crippen molar-refractivity contribution in [1.29, 1.82) is 0 Å². The Labute approximate surface area is 73.0 Å². The minimum Gasteiger partial charge on any atom is -0.481 e. The van der Waals surface area contributed by atoms with E-state index in [2.05, 4.69) is 0 Å². The van der Waals surface area contributed by atoms with Crippen LogP contribution in [0.1, 0.15) is 44.9 Å². The molecule has 2 saturated carbocycles. The summed E-state index contributed by atoms with van der Waals surface area (Å²) in [5.74, 6) is 0.330. The fourth-order valence-corrected chi connectivity index (χ4v) is 2.06. The molecule has 2 nitrogen and oxygen atoms in total. The van der Waals surface area contributed by atoms with Crippen molar-refractivity contribution in [2.24, 2.45) is 11.3 Å². The van der Waals surface area contributed by atoms with Crippen LogP contribution in [0.2, 0.25) is 0 Å². The van der Waals surface area contributed by atoms with Gasteiger partial charge in [0.15, 0.2) is 0 Å². The van der Waals surface area contributed by atoms with Gasteiger partial charge < -0.3 is 5.11 Å². The van der Waals surface area contributed by atoms with Gasteiger partial charge >= 0.3 is 5.97 Å². The highest BCUT2D eigenvalue weighted by Crippen LogP contribution is 2.48. The van der Waals surface area contributed by atoms with Crippen LogP contribution in [-0.4, -0.2) is 11.1 Å². The molecule has 12 heavy (non-hydrogen) atoms. The predicted molar refractivity (Wildman–Crippen MR) is 45.9 cm³/mol. The molecule has 0 unspecified atom stereocenters. The number of hydrogen-bond donors (Lipinski definition) is 1. The molecule has 0 radical (unpaired) electrons. The smallest absolute Gasteiger partial charge is 0.309 e. The van der Waals surface area contributed by atoms with Crippen LogP contribution in [0.25, 0.3) is 0 Å². The molecule has 1 N–H and O–H groups in total. The third kappa shape index (κ3) is 1.35. The molecule has 2 heteroatoms. The van der Waals surface area contributed by atoms with Crippen molar-refractivity contribution in [3.63, 3.8) is 0 Å². The van der Waals surface area contributed by atoms with Gasteiger partial charge in [0.25, 0.3) is 0 Å². The van der Waals surface area contributed by atoms with E-state index in [9.17, 15) is 4.79 Å². The Balaban J connectivity index is 1.84. The van der Waals surface area contributed by atoms with Gasteiger partial charge in [0.2, 0.25) is 0 Å². The minimum atomic E-state index is -0.547. The zero-order valence-corrected chi connectivity index (χ0v) is 7.38. The Morgan fingerprint density at radius 2 is 2.08 bits per heavy atom. The van der Waals surface area contributed by atoms with E-state index in [-0.39, 0.29) is 5.41 Å². The first-order valence-electron chi connectivity index (χ1n) is 4.96. The standard InChI is InChI=1S/C10H16O2/c11-9(12)10(5-1-6-10)7-4-8-2-3-8/h8H,1-7H2,(H,11,12). The Hall–Kier alpha value is -0.530. The van der Waals surface area contributed by atoms with Crippen molar-refractivity contribution >= 4 is 5.97 Å². The summed E-state index contributed by atoms with van der Waals surface area (Å²) in [4.78, 5) is 10.9. The van der Waals surface area contributed by atoms with Crippen molar-refractivity contribution in [1.82, 2.24) is 0 Å². The van der Waals surface area contributed by atoms with Gasteiger partial charge in [-0.2, -0.15) is 0 Å². The lowest BCUT2D eigenvalue weighted by molar-refractivity contribution is -0.155. The highest BCUT2D eigenvalue weighted by atomic mass is 16.4.